The van der Waals surface area contributed by atoms with E-state index in [1.54, 1.807) is 13.1 Å². The Bertz CT molecular complexity index is 894. The van der Waals surface area contributed by atoms with Crippen LogP contribution in [0.3, 0.4) is 0 Å². The third kappa shape index (κ3) is 3.45. The summed E-state index contributed by atoms with van der Waals surface area (Å²) in [6.45, 7) is 4.68. The van der Waals surface area contributed by atoms with Gasteiger partial charge in [0, 0.05) is 31.4 Å². The standard InChI is InChI=1S/C20H21N3O2/c1-4-25-20(24)18-14(2)16-9-5-6-10-17(16)22-19(18)23(3)13-15-8-7-11-21-12-15/h5-12H,4,13H2,1-3H3. The summed E-state index contributed by atoms with van der Waals surface area (Å²) in [5, 5.41) is 0.962. The van der Waals surface area contributed by atoms with Gasteiger partial charge in [0.1, 0.15) is 11.4 Å². The molecular formula is C20H21N3O2. The predicted octanol–water partition coefficient (Wildman–Crippen LogP) is 3.75. The molecule has 0 saturated heterocycles. The minimum absolute atomic E-state index is 0.330. The number of fused-ring (bicyclic) bond motifs is 1. The van der Waals surface area contributed by atoms with E-state index in [2.05, 4.69) is 4.98 Å². The van der Waals surface area contributed by atoms with Gasteiger partial charge < -0.3 is 9.64 Å². The highest BCUT2D eigenvalue weighted by molar-refractivity contribution is 6.02. The molecule has 0 saturated carbocycles. The number of aryl methyl sites for hydroxylation is 1. The first-order valence-electron chi connectivity index (χ1n) is 8.28. The Morgan fingerprint density at radius 2 is 2.00 bits per heavy atom. The average molecular weight is 335 g/mol. The van der Waals surface area contributed by atoms with Gasteiger partial charge in [-0.3, -0.25) is 4.98 Å². The monoisotopic (exact) mass is 335 g/mol. The Balaban J connectivity index is 2.11. The number of hydrogen-bond acceptors (Lipinski definition) is 5. The minimum atomic E-state index is -0.341. The molecule has 0 atom stereocenters. The Morgan fingerprint density at radius 3 is 2.72 bits per heavy atom. The van der Waals surface area contributed by atoms with E-state index in [4.69, 9.17) is 9.72 Å². The van der Waals surface area contributed by atoms with Crippen LogP contribution in [0.5, 0.6) is 0 Å². The molecule has 0 N–H and O–H groups in total. The normalized spacial score (nSPS) is 10.7. The Morgan fingerprint density at radius 1 is 1.20 bits per heavy atom. The van der Waals surface area contributed by atoms with E-state index in [1.807, 2.05) is 61.5 Å². The number of aromatic nitrogens is 2. The molecule has 0 radical (unpaired) electrons. The molecule has 3 aromatic rings. The van der Waals surface area contributed by atoms with Crippen LogP contribution < -0.4 is 4.90 Å². The number of pyridine rings is 2. The zero-order valence-corrected chi connectivity index (χ0v) is 14.7. The molecule has 25 heavy (non-hydrogen) atoms. The van der Waals surface area contributed by atoms with Gasteiger partial charge in [-0.1, -0.05) is 24.3 Å². The highest BCUT2D eigenvalue weighted by atomic mass is 16.5. The van der Waals surface area contributed by atoms with E-state index in [1.165, 1.54) is 0 Å². The van der Waals surface area contributed by atoms with Crippen molar-refractivity contribution >= 4 is 22.7 Å². The Hall–Kier alpha value is -2.95. The largest absolute Gasteiger partial charge is 0.462 e. The molecule has 0 unspecified atom stereocenters. The molecule has 5 heteroatoms. The molecule has 5 nitrogen and oxygen atoms in total. The van der Waals surface area contributed by atoms with Crippen molar-refractivity contribution in [2.24, 2.45) is 0 Å². The lowest BCUT2D eigenvalue weighted by Gasteiger charge is -2.23. The fourth-order valence-corrected chi connectivity index (χ4v) is 2.92. The molecule has 3 rings (SSSR count). The smallest absolute Gasteiger partial charge is 0.342 e. The minimum Gasteiger partial charge on any atom is -0.462 e. The maximum absolute atomic E-state index is 12.6. The number of carbonyl (C=O) groups is 1. The first kappa shape index (κ1) is 16.9. The lowest BCUT2D eigenvalue weighted by atomic mass is 10.0. The summed E-state index contributed by atoms with van der Waals surface area (Å²) in [5.74, 6) is 0.282. The summed E-state index contributed by atoms with van der Waals surface area (Å²) in [6, 6.07) is 11.7. The first-order chi connectivity index (χ1) is 12.1. The number of anilines is 1. The van der Waals surface area contributed by atoms with E-state index < -0.39 is 0 Å². The molecule has 2 aromatic heterocycles. The molecule has 2 heterocycles. The van der Waals surface area contributed by atoms with E-state index in [0.717, 1.165) is 22.0 Å². The third-order valence-electron chi connectivity index (χ3n) is 4.12. The van der Waals surface area contributed by atoms with Crippen molar-refractivity contribution in [3.63, 3.8) is 0 Å². The van der Waals surface area contributed by atoms with Gasteiger partial charge in [-0.25, -0.2) is 9.78 Å². The lowest BCUT2D eigenvalue weighted by Crippen LogP contribution is -2.22. The maximum Gasteiger partial charge on any atom is 0.342 e. The van der Waals surface area contributed by atoms with Crippen LogP contribution in [0.2, 0.25) is 0 Å². The van der Waals surface area contributed by atoms with Crippen LogP contribution >= 0.6 is 0 Å². The van der Waals surface area contributed by atoms with Crippen LogP contribution in [0, 0.1) is 6.92 Å². The van der Waals surface area contributed by atoms with Crippen molar-refractivity contribution in [2.45, 2.75) is 20.4 Å². The summed E-state index contributed by atoms with van der Waals surface area (Å²) in [4.78, 5) is 23.4. The fraction of sp³-hybridized carbons (Fsp3) is 0.250. The molecule has 0 aliphatic carbocycles. The van der Waals surface area contributed by atoms with Crippen molar-refractivity contribution in [2.75, 3.05) is 18.6 Å². The fourth-order valence-electron chi connectivity index (χ4n) is 2.92. The molecular weight excluding hydrogens is 314 g/mol. The summed E-state index contributed by atoms with van der Waals surface area (Å²) in [5.41, 5.74) is 3.32. The zero-order valence-electron chi connectivity index (χ0n) is 14.7. The molecule has 0 amide bonds. The summed E-state index contributed by atoms with van der Waals surface area (Å²) in [7, 11) is 1.92. The van der Waals surface area contributed by atoms with Crippen LogP contribution in [0.1, 0.15) is 28.4 Å². The van der Waals surface area contributed by atoms with Crippen LogP contribution in [-0.2, 0) is 11.3 Å². The van der Waals surface area contributed by atoms with Crippen LogP contribution in [0.25, 0.3) is 10.9 Å². The number of carbonyl (C=O) groups excluding carboxylic acids is 1. The molecule has 1 aromatic carbocycles. The summed E-state index contributed by atoms with van der Waals surface area (Å²) in [6.07, 6.45) is 3.56. The second kappa shape index (κ2) is 7.30. The molecule has 0 fully saturated rings. The average Bonchev–Trinajstić information content (AvgIpc) is 2.62. The first-order valence-corrected chi connectivity index (χ1v) is 8.28. The molecule has 0 aliphatic rings. The predicted molar refractivity (Wildman–Crippen MR) is 98.8 cm³/mol. The van der Waals surface area contributed by atoms with Crippen molar-refractivity contribution in [3.05, 3.63) is 65.5 Å². The van der Waals surface area contributed by atoms with E-state index >= 15 is 0 Å². The van der Waals surface area contributed by atoms with Crippen molar-refractivity contribution in [1.29, 1.82) is 0 Å². The van der Waals surface area contributed by atoms with Crippen molar-refractivity contribution in [1.82, 2.24) is 9.97 Å². The number of hydrogen-bond donors (Lipinski definition) is 0. The number of rotatable bonds is 5. The third-order valence-corrected chi connectivity index (χ3v) is 4.12. The lowest BCUT2D eigenvalue weighted by molar-refractivity contribution is 0.0526. The Kier molecular flexibility index (Phi) is 4.93. The van der Waals surface area contributed by atoms with Crippen LogP contribution in [0.4, 0.5) is 5.82 Å². The highest BCUT2D eigenvalue weighted by Gasteiger charge is 2.22. The van der Waals surface area contributed by atoms with Gasteiger partial charge in [-0.05, 0) is 37.1 Å². The number of ether oxygens (including phenoxy) is 1. The van der Waals surface area contributed by atoms with Gasteiger partial charge in [-0.2, -0.15) is 0 Å². The zero-order chi connectivity index (χ0) is 17.8. The quantitative estimate of drug-likeness (QED) is 0.665. The van der Waals surface area contributed by atoms with Gasteiger partial charge in [0.05, 0.1) is 12.1 Å². The number of esters is 1. The van der Waals surface area contributed by atoms with Gasteiger partial charge in [0.25, 0.3) is 0 Å². The van der Waals surface area contributed by atoms with Crippen LogP contribution in [0.15, 0.2) is 48.8 Å². The van der Waals surface area contributed by atoms with Crippen molar-refractivity contribution in [3.8, 4) is 0 Å². The molecule has 0 bridgehead atoms. The maximum atomic E-state index is 12.6. The topological polar surface area (TPSA) is 55.3 Å². The molecule has 0 aliphatic heterocycles. The van der Waals surface area contributed by atoms with Gasteiger partial charge in [0.15, 0.2) is 0 Å². The second-order valence-corrected chi connectivity index (χ2v) is 5.89. The van der Waals surface area contributed by atoms with E-state index in [-0.39, 0.29) is 5.97 Å². The van der Waals surface area contributed by atoms with Crippen molar-refractivity contribution < 1.29 is 9.53 Å². The van der Waals surface area contributed by atoms with E-state index in [9.17, 15) is 4.79 Å². The number of benzene rings is 1. The van der Waals surface area contributed by atoms with Gasteiger partial charge in [-0.15, -0.1) is 0 Å². The highest BCUT2D eigenvalue weighted by Crippen LogP contribution is 2.29. The number of para-hydroxylation sites is 1. The van der Waals surface area contributed by atoms with Gasteiger partial charge in [0.2, 0.25) is 0 Å². The SMILES string of the molecule is CCOC(=O)c1c(N(C)Cc2cccnc2)nc2ccccc2c1C. The summed E-state index contributed by atoms with van der Waals surface area (Å²) >= 11 is 0. The van der Waals surface area contributed by atoms with Crippen LogP contribution in [-0.4, -0.2) is 29.6 Å². The number of nitrogens with zero attached hydrogens (tertiary/aromatic N) is 3. The molecule has 128 valence electrons. The Labute approximate surface area is 147 Å². The molecule has 0 spiro atoms. The second-order valence-electron chi connectivity index (χ2n) is 5.89. The van der Waals surface area contributed by atoms with E-state index in [0.29, 0.717) is 24.5 Å². The van der Waals surface area contributed by atoms with Gasteiger partial charge >= 0.3 is 5.97 Å². The summed E-state index contributed by atoms with van der Waals surface area (Å²) < 4.78 is 5.28.